The number of aryl methyl sites for hydroxylation is 1. The number of ether oxygens (including phenoxy) is 1. The molecule has 0 aliphatic heterocycles. The van der Waals surface area contributed by atoms with Crippen molar-refractivity contribution in [1.82, 2.24) is 14.9 Å². The van der Waals surface area contributed by atoms with Crippen LogP contribution in [0.25, 0.3) is 6.08 Å². The number of amides is 1. The van der Waals surface area contributed by atoms with Crippen LogP contribution >= 0.6 is 0 Å². The summed E-state index contributed by atoms with van der Waals surface area (Å²) in [5.74, 6) is 0. The molecular formula is C16H19N3O2. The van der Waals surface area contributed by atoms with E-state index in [9.17, 15) is 4.79 Å². The zero-order valence-corrected chi connectivity index (χ0v) is 12.0. The van der Waals surface area contributed by atoms with Gasteiger partial charge in [-0.1, -0.05) is 36.4 Å². The SMILES string of the molecule is Cn1cnc(C=CCCNC(=O)OCc2ccccc2)c1. The molecular weight excluding hydrogens is 266 g/mol. The van der Waals surface area contributed by atoms with Crippen molar-refractivity contribution in [2.75, 3.05) is 6.54 Å². The molecule has 110 valence electrons. The molecule has 1 amide bonds. The molecule has 5 heteroatoms. The fraction of sp³-hybridized carbons (Fsp3) is 0.250. The van der Waals surface area contributed by atoms with E-state index in [1.807, 2.05) is 60.3 Å². The minimum atomic E-state index is -0.398. The van der Waals surface area contributed by atoms with Crippen molar-refractivity contribution in [1.29, 1.82) is 0 Å². The first-order chi connectivity index (χ1) is 10.2. The highest BCUT2D eigenvalue weighted by Crippen LogP contribution is 2.01. The molecule has 1 aromatic carbocycles. The van der Waals surface area contributed by atoms with E-state index < -0.39 is 6.09 Å². The van der Waals surface area contributed by atoms with Crippen molar-refractivity contribution >= 4 is 12.2 Å². The molecule has 0 unspecified atom stereocenters. The Morgan fingerprint density at radius 2 is 2.19 bits per heavy atom. The van der Waals surface area contributed by atoms with Gasteiger partial charge in [0, 0.05) is 19.8 Å². The van der Waals surface area contributed by atoms with E-state index in [0.717, 1.165) is 17.7 Å². The Morgan fingerprint density at radius 3 is 2.90 bits per heavy atom. The van der Waals surface area contributed by atoms with Crippen molar-refractivity contribution in [3.63, 3.8) is 0 Å². The highest BCUT2D eigenvalue weighted by molar-refractivity contribution is 5.67. The molecule has 0 bridgehead atoms. The Balaban J connectivity index is 1.60. The predicted octanol–water partition coefficient (Wildman–Crippen LogP) is 2.75. The lowest BCUT2D eigenvalue weighted by Gasteiger charge is -2.05. The molecule has 2 aromatic rings. The number of aromatic nitrogens is 2. The minimum absolute atomic E-state index is 0.288. The fourth-order valence-electron chi connectivity index (χ4n) is 1.75. The molecule has 0 radical (unpaired) electrons. The highest BCUT2D eigenvalue weighted by atomic mass is 16.5. The summed E-state index contributed by atoms with van der Waals surface area (Å²) >= 11 is 0. The second kappa shape index (κ2) is 7.89. The van der Waals surface area contributed by atoms with Crippen LogP contribution in [0.1, 0.15) is 17.7 Å². The number of alkyl carbamates (subject to hydrolysis) is 1. The molecule has 0 saturated heterocycles. The maximum Gasteiger partial charge on any atom is 0.407 e. The fourth-order valence-corrected chi connectivity index (χ4v) is 1.75. The Kier molecular flexibility index (Phi) is 5.58. The average Bonchev–Trinajstić information content (AvgIpc) is 2.91. The van der Waals surface area contributed by atoms with Gasteiger partial charge in [0.2, 0.25) is 0 Å². The highest BCUT2D eigenvalue weighted by Gasteiger charge is 2.00. The van der Waals surface area contributed by atoms with Gasteiger partial charge in [-0.3, -0.25) is 0 Å². The maximum atomic E-state index is 11.5. The number of carbonyl (C=O) groups excluding carboxylic acids is 1. The van der Waals surface area contributed by atoms with Crippen LogP contribution in [-0.4, -0.2) is 22.2 Å². The van der Waals surface area contributed by atoms with Crippen molar-refractivity contribution < 1.29 is 9.53 Å². The lowest BCUT2D eigenvalue weighted by molar-refractivity contribution is 0.140. The molecule has 0 aliphatic carbocycles. The molecule has 0 saturated carbocycles. The summed E-state index contributed by atoms with van der Waals surface area (Å²) in [5.41, 5.74) is 1.88. The molecule has 0 fully saturated rings. The van der Waals surface area contributed by atoms with Crippen LogP contribution in [0.4, 0.5) is 4.79 Å². The molecule has 1 aromatic heterocycles. The van der Waals surface area contributed by atoms with Crippen molar-refractivity contribution in [2.24, 2.45) is 7.05 Å². The van der Waals surface area contributed by atoms with Crippen LogP contribution in [0.3, 0.4) is 0 Å². The number of nitrogens with zero attached hydrogens (tertiary/aromatic N) is 2. The van der Waals surface area contributed by atoms with E-state index in [-0.39, 0.29) is 6.61 Å². The Labute approximate surface area is 124 Å². The van der Waals surface area contributed by atoms with E-state index in [0.29, 0.717) is 6.54 Å². The monoisotopic (exact) mass is 285 g/mol. The molecule has 2 rings (SSSR count). The largest absolute Gasteiger partial charge is 0.445 e. The quantitative estimate of drug-likeness (QED) is 0.830. The first kappa shape index (κ1) is 14.8. The molecule has 0 aliphatic rings. The Morgan fingerprint density at radius 1 is 1.38 bits per heavy atom. The third kappa shape index (κ3) is 5.52. The van der Waals surface area contributed by atoms with Gasteiger partial charge in [0.15, 0.2) is 0 Å². The third-order valence-electron chi connectivity index (χ3n) is 2.81. The minimum Gasteiger partial charge on any atom is -0.445 e. The lowest BCUT2D eigenvalue weighted by Crippen LogP contribution is -2.24. The molecule has 1 N–H and O–H groups in total. The molecule has 0 spiro atoms. The predicted molar refractivity (Wildman–Crippen MR) is 81.5 cm³/mol. The summed E-state index contributed by atoms with van der Waals surface area (Å²) in [6.07, 6.45) is 7.91. The summed E-state index contributed by atoms with van der Waals surface area (Å²) in [6.45, 7) is 0.827. The van der Waals surface area contributed by atoms with Gasteiger partial charge in [-0.15, -0.1) is 0 Å². The van der Waals surface area contributed by atoms with E-state index in [1.165, 1.54) is 0 Å². The normalized spacial score (nSPS) is 10.7. The van der Waals surface area contributed by atoms with Gasteiger partial charge in [-0.05, 0) is 18.1 Å². The second-order valence-corrected chi connectivity index (χ2v) is 4.64. The number of rotatable bonds is 6. The van der Waals surface area contributed by atoms with E-state index in [2.05, 4.69) is 10.3 Å². The van der Waals surface area contributed by atoms with Gasteiger partial charge in [0.1, 0.15) is 6.61 Å². The summed E-state index contributed by atoms with van der Waals surface area (Å²) in [7, 11) is 1.93. The van der Waals surface area contributed by atoms with Crippen molar-refractivity contribution in [2.45, 2.75) is 13.0 Å². The molecule has 0 atom stereocenters. The van der Waals surface area contributed by atoms with Crippen molar-refractivity contribution in [3.05, 3.63) is 60.2 Å². The average molecular weight is 285 g/mol. The smallest absolute Gasteiger partial charge is 0.407 e. The van der Waals surface area contributed by atoms with Crippen LogP contribution in [0.15, 0.2) is 48.9 Å². The number of imidazole rings is 1. The number of hydrogen-bond donors (Lipinski definition) is 1. The van der Waals surface area contributed by atoms with Gasteiger partial charge in [-0.2, -0.15) is 0 Å². The number of nitrogens with one attached hydrogen (secondary N) is 1. The molecule has 21 heavy (non-hydrogen) atoms. The van der Waals surface area contributed by atoms with E-state index in [4.69, 9.17) is 4.74 Å². The van der Waals surface area contributed by atoms with Gasteiger partial charge in [-0.25, -0.2) is 9.78 Å². The Bertz CT molecular complexity index is 591. The zero-order valence-electron chi connectivity index (χ0n) is 12.0. The first-order valence-electron chi connectivity index (χ1n) is 6.83. The number of benzene rings is 1. The molecule has 1 heterocycles. The van der Waals surface area contributed by atoms with Gasteiger partial charge < -0.3 is 14.6 Å². The number of carbonyl (C=O) groups is 1. The third-order valence-corrected chi connectivity index (χ3v) is 2.81. The van der Waals surface area contributed by atoms with Crippen LogP contribution in [0, 0.1) is 0 Å². The van der Waals surface area contributed by atoms with Crippen LogP contribution < -0.4 is 5.32 Å². The van der Waals surface area contributed by atoms with Crippen LogP contribution in [0.2, 0.25) is 0 Å². The van der Waals surface area contributed by atoms with Gasteiger partial charge >= 0.3 is 6.09 Å². The maximum absolute atomic E-state index is 11.5. The summed E-state index contributed by atoms with van der Waals surface area (Å²) in [6, 6.07) is 9.60. The van der Waals surface area contributed by atoms with E-state index >= 15 is 0 Å². The van der Waals surface area contributed by atoms with E-state index in [1.54, 1.807) is 6.33 Å². The molecule has 5 nitrogen and oxygen atoms in total. The van der Waals surface area contributed by atoms with Gasteiger partial charge in [0.25, 0.3) is 0 Å². The zero-order chi connectivity index (χ0) is 14.9. The lowest BCUT2D eigenvalue weighted by atomic mass is 10.2. The second-order valence-electron chi connectivity index (χ2n) is 4.64. The topological polar surface area (TPSA) is 56.2 Å². The number of hydrogen-bond acceptors (Lipinski definition) is 3. The van der Waals surface area contributed by atoms with Crippen LogP contribution in [0.5, 0.6) is 0 Å². The summed E-state index contributed by atoms with van der Waals surface area (Å²) in [4.78, 5) is 15.7. The first-order valence-corrected chi connectivity index (χ1v) is 6.83. The summed E-state index contributed by atoms with van der Waals surface area (Å²) in [5, 5.41) is 2.71. The van der Waals surface area contributed by atoms with Gasteiger partial charge in [0.05, 0.1) is 12.0 Å². The van der Waals surface area contributed by atoms with Crippen LogP contribution in [-0.2, 0) is 18.4 Å². The standard InChI is InChI=1S/C16H19N3O2/c1-19-11-15(18-13-19)9-5-6-10-17-16(20)21-12-14-7-3-2-4-8-14/h2-5,7-9,11,13H,6,10,12H2,1H3,(H,17,20). The van der Waals surface area contributed by atoms with Crippen molar-refractivity contribution in [3.8, 4) is 0 Å². The Hall–Kier alpha value is -2.56. The summed E-state index contributed by atoms with van der Waals surface area (Å²) < 4.78 is 6.99.